The number of rotatable bonds is 6. The van der Waals surface area contributed by atoms with Gasteiger partial charge in [-0.05, 0) is 48.9 Å². The highest BCUT2D eigenvalue weighted by Gasteiger charge is 2.07. The van der Waals surface area contributed by atoms with E-state index in [0.717, 1.165) is 21.1 Å². The van der Waals surface area contributed by atoms with Crippen molar-refractivity contribution in [3.63, 3.8) is 0 Å². The monoisotopic (exact) mass is 368 g/mol. The number of benzene rings is 3. The van der Waals surface area contributed by atoms with Crippen LogP contribution in [0.25, 0.3) is 0 Å². The number of carbonyl (C=O) groups excluding carboxylic acids is 1. The summed E-state index contributed by atoms with van der Waals surface area (Å²) in [7, 11) is 0. The number of hydrogen-bond acceptors (Lipinski definition) is 3. The summed E-state index contributed by atoms with van der Waals surface area (Å²) in [5.74, 6) is 0.790. The molecule has 3 aromatic rings. The van der Waals surface area contributed by atoms with Crippen LogP contribution in [0.2, 0.25) is 5.02 Å². The van der Waals surface area contributed by atoms with Crippen LogP contribution < -0.4 is 4.74 Å². The third kappa shape index (κ3) is 4.88. The summed E-state index contributed by atoms with van der Waals surface area (Å²) >= 11 is 7.76. The van der Waals surface area contributed by atoms with Crippen molar-refractivity contribution in [2.45, 2.75) is 23.3 Å². The molecule has 0 atom stereocenters. The van der Waals surface area contributed by atoms with Gasteiger partial charge in [0.05, 0.1) is 5.02 Å². The standard InChI is InChI=1S/C21H17ClO2S/c1-15(23)20-11-10-19(13-21(20)22)25-18-9-5-8-17(12-18)24-14-16-6-3-2-4-7-16/h2-13H,14H2,1H3. The molecule has 0 aliphatic rings. The van der Waals surface area contributed by atoms with E-state index < -0.39 is 0 Å². The van der Waals surface area contributed by atoms with Gasteiger partial charge in [-0.15, -0.1) is 0 Å². The Bertz CT molecular complexity index is 878. The molecule has 0 fully saturated rings. The van der Waals surface area contributed by atoms with Gasteiger partial charge in [-0.25, -0.2) is 0 Å². The zero-order valence-electron chi connectivity index (χ0n) is 13.7. The maximum atomic E-state index is 11.5. The second kappa shape index (κ2) is 8.24. The van der Waals surface area contributed by atoms with Crippen molar-refractivity contribution in [2.24, 2.45) is 0 Å². The molecule has 0 unspecified atom stereocenters. The van der Waals surface area contributed by atoms with E-state index in [9.17, 15) is 4.79 Å². The average molecular weight is 369 g/mol. The smallest absolute Gasteiger partial charge is 0.161 e. The molecule has 25 heavy (non-hydrogen) atoms. The largest absolute Gasteiger partial charge is 0.489 e. The van der Waals surface area contributed by atoms with Crippen molar-refractivity contribution in [1.82, 2.24) is 0 Å². The summed E-state index contributed by atoms with van der Waals surface area (Å²) in [5.41, 5.74) is 1.68. The normalized spacial score (nSPS) is 10.5. The Balaban J connectivity index is 1.69. The van der Waals surface area contributed by atoms with Crippen LogP contribution in [0.5, 0.6) is 5.75 Å². The van der Waals surface area contributed by atoms with Gasteiger partial charge in [0.2, 0.25) is 0 Å². The van der Waals surface area contributed by atoms with Crippen molar-refractivity contribution in [3.8, 4) is 5.75 Å². The van der Waals surface area contributed by atoms with Crippen LogP contribution in [0, 0.1) is 0 Å². The Morgan fingerprint density at radius 2 is 1.72 bits per heavy atom. The van der Waals surface area contributed by atoms with E-state index >= 15 is 0 Å². The number of ether oxygens (including phenoxy) is 1. The van der Waals surface area contributed by atoms with Crippen LogP contribution in [0.4, 0.5) is 0 Å². The number of ketones is 1. The Labute approximate surface area is 156 Å². The second-order valence-corrected chi connectivity index (χ2v) is 7.10. The average Bonchev–Trinajstić information content (AvgIpc) is 2.61. The van der Waals surface area contributed by atoms with E-state index in [4.69, 9.17) is 16.3 Å². The first-order chi connectivity index (χ1) is 12.1. The summed E-state index contributed by atoms with van der Waals surface area (Å²) < 4.78 is 5.86. The van der Waals surface area contributed by atoms with Crippen LogP contribution in [-0.2, 0) is 6.61 Å². The molecular weight excluding hydrogens is 352 g/mol. The molecule has 0 spiro atoms. The number of carbonyl (C=O) groups is 1. The predicted octanol–water partition coefficient (Wildman–Crippen LogP) is 6.27. The van der Waals surface area contributed by atoms with Crippen molar-refractivity contribution in [1.29, 1.82) is 0 Å². The highest BCUT2D eigenvalue weighted by Crippen LogP contribution is 2.32. The van der Waals surface area contributed by atoms with Gasteiger partial charge in [0.1, 0.15) is 12.4 Å². The minimum atomic E-state index is -0.0298. The zero-order valence-corrected chi connectivity index (χ0v) is 15.3. The molecule has 0 N–H and O–H groups in total. The third-order valence-electron chi connectivity index (χ3n) is 3.61. The summed E-state index contributed by atoms with van der Waals surface area (Å²) in [4.78, 5) is 13.5. The molecular formula is C21H17ClO2S. The van der Waals surface area contributed by atoms with Gasteiger partial charge >= 0.3 is 0 Å². The SMILES string of the molecule is CC(=O)c1ccc(Sc2cccc(OCc3ccccc3)c2)cc1Cl. The zero-order chi connectivity index (χ0) is 17.6. The molecule has 0 amide bonds. The molecule has 4 heteroatoms. The molecule has 2 nitrogen and oxygen atoms in total. The third-order valence-corrected chi connectivity index (χ3v) is 4.90. The van der Waals surface area contributed by atoms with Gasteiger partial charge < -0.3 is 4.74 Å². The van der Waals surface area contributed by atoms with E-state index in [2.05, 4.69) is 0 Å². The van der Waals surface area contributed by atoms with Gasteiger partial charge in [-0.2, -0.15) is 0 Å². The molecule has 3 aromatic carbocycles. The highest BCUT2D eigenvalue weighted by atomic mass is 35.5. The summed E-state index contributed by atoms with van der Waals surface area (Å²) in [6.07, 6.45) is 0. The van der Waals surface area contributed by atoms with Gasteiger partial charge in [-0.1, -0.05) is 59.8 Å². The lowest BCUT2D eigenvalue weighted by Gasteiger charge is -2.09. The topological polar surface area (TPSA) is 26.3 Å². The fourth-order valence-corrected chi connectivity index (χ4v) is 3.63. The summed E-state index contributed by atoms with van der Waals surface area (Å²) in [6.45, 7) is 2.05. The minimum absolute atomic E-state index is 0.0298. The maximum Gasteiger partial charge on any atom is 0.161 e. The fraction of sp³-hybridized carbons (Fsp3) is 0.0952. The van der Waals surface area contributed by atoms with E-state index in [1.807, 2.05) is 66.7 Å². The number of hydrogen-bond donors (Lipinski definition) is 0. The van der Waals surface area contributed by atoms with Crippen molar-refractivity contribution >= 4 is 29.1 Å². The molecule has 0 bridgehead atoms. The van der Waals surface area contributed by atoms with E-state index in [1.165, 1.54) is 6.92 Å². The Kier molecular flexibility index (Phi) is 5.79. The van der Waals surface area contributed by atoms with Crippen molar-refractivity contribution in [2.75, 3.05) is 0 Å². The lowest BCUT2D eigenvalue weighted by atomic mass is 10.1. The second-order valence-electron chi connectivity index (χ2n) is 5.55. The van der Waals surface area contributed by atoms with Gasteiger partial charge in [0, 0.05) is 15.4 Å². The molecule has 0 saturated heterocycles. The van der Waals surface area contributed by atoms with E-state index in [-0.39, 0.29) is 5.78 Å². The first-order valence-corrected chi connectivity index (χ1v) is 9.06. The first kappa shape index (κ1) is 17.6. The molecule has 126 valence electrons. The number of Topliss-reactive ketones (excluding diaryl/α,β-unsaturated/α-hetero) is 1. The van der Waals surface area contributed by atoms with Crippen molar-refractivity contribution < 1.29 is 9.53 Å². The lowest BCUT2D eigenvalue weighted by molar-refractivity contribution is 0.101. The fourth-order valence-electron chi connectivity index (χ4n) is 2.35. The van der Waals surface area contributed by atoms with Crippen LogP contribution in [-0.4, -0.2) is 5.78 Å². The van der Waals surface area contributed by atoms with Gasteiger partial charge in [0.25, 0.3) is 0 Å². The lowest BCUT2D eigenvalue weighted by Crippen LogP contribution is -1.95. The molecule has 0 aliphatic carbocycles. The van der Waals surface area contributed by atoms with Crippen LogP contribution in [0.1, 0.15) is 22.8 Å². The van der Waals surface area contributed by atoms with Crippen LogP contribution >= 0.6 is 23.4 Å². The van der Waals surface area contributed by atoms with Gasteiger partial charge in [-0.3, -0.25) is 4.79 Å². The minimum Gasteiger partial charge on any atom is -0.489 e. The Morgan fingerprint density at radius 3 is 2.44 bits per heavy atom. The van der Waals surface area contributed by atoms with Gasteiger partial charge in [0.15, 0.2) is 5.78 Å². The van der Waals surface area contributed by atoms with E-state index in [1.54, 1.807) is 17.8 Å². The quantitative estimate of drug-likeness (QED) is 0.479. The number of halogens is 1. The predicted molar refractivity (Wildman–Crippen MR) is 103 cm³/mol. The van der Waals surface area contributed by atoms with Crippen LogP contribution in [0.3, 0.4) is 0 Å². The molecule has 0 aromatic heterocycles. The first-order valence-electron chi connectivity index (χ1n) is 7.87. The molecule has 0 heterocycles. The summed E-state index contributed by atoms with van der Waals surface area (Å²) in [6, 6.07) is 23.5. The van der Waals surface area contributed by atoms with E-state index in [0.29, 0.717) is 17.2 Å². The Morgan fingerprint density at radius 1 is 0.960 bits per heavy atom. The molecule has 0 radical (unpaired) electrons. The highest BCUT2D eigenvalue weighted by molar-refractivity contribution is 7.99. The molecule has 0 aliphatic heterocycles. The Hall–Kier alpha value is -2.23. The van der Waals surface area contributed by atoms with Crippen molar-refractivity contribution in [3.05, 3.63) is 88.9 Å². The maximum absolute atomic E-state index is 11.5. The molecule has 3 rings (SSSR count). The summed E-state index contributed by atoms with van der Waals surface area (Å²) in [5, 5.41) is 0.481. The van der Waals surface area contributed by atoms with Crippen LogP contribution in [0.15, 0.2) is 82.6 Å². The molecule has 0 saturated carbocycles.